The fourth-order valence-corrected chi connectivity index (χ4v) is 1.64. The van der Waals surface area contributed by atoms with Crippen LogP contribution < -0.4 is 5.73 Å². The lowest BCUT2D eigenvalue weighted by Gasteiger charge is -2.09. The summed E-state index contributed by atoms with van der Waals surface area (Å²) >= 11 is 1.50. The van der Waals surface area contributed by atoms with Crippen LogP contribution in [0, 0.1) is 6.92 Å². The van der Waals surface area contributed by atoms with Crippen molar-refractivity contribution in [3.63, 3.8) is 0 Å². The van der Waals surface area contributed by atoms with E-state index in [4.69, 9.17) is 10.8 Å². The normalized spacial score (nSPS) is 12.8. The SMILES string of the molecule is Cc1c(N)ncnc1SC(C)CO. The van der Waals surface area contributed by atoms with Gasteiger partial charge in [-0.25, -0.2) is 9.97 Å². The molecule has 0 amide bonds. The van der Waals surface area contributed by atoms with Crippen LogP contribution in [-0.2, 0) is 0 Å². The Bertz CT molecular complexity index is 293. The summed E-state index contributed by atoms with van der Waals surface area (Å²) in [5, 5.41) is 9.83. The van der Waals surface area contributed by atoms with Crippen LogP contribution in [0.1, 0.15) is 12.5 Å². The Kier molecular flexibility index (Phi) is 3.50. The van der Waals surface area contributed by atoms with Gasteiger partial charge < -0.3 is 10.8 Å². The van der Waals surface area contributed by atoms with Crippen LogP contribution in [0.2, 0.25) is 0 Å². The molecule has 0 saturated carbocycles. The second-order valence-corrected chi connectivity index (χ2v) is 4.23. The number of rotatable bonds is 3. The molecule has 13 heavy (non-hydrogen) atoms. The fourth-order valence-electron chi connectivity index (χ4n) is 0.793. The highest BCUT2D eigenvalue weighted by atomic mass is 32.2. The molecular formula is C8H13N3OS. The summed E-state index contributed by atoms with van der Waals surface area (Å²) < 4.78 is 0. The van der Waals surface area contributed by atoms with Gasteiger partial charge in [0.2, 0.25) is 0 Å². The molecule has 1 aromatic rings. The standard InChI is InChI=1S/C8H13N3OS/c1-5(3-12)13-8-6(2)7(9)10-4-11-8/h4-5,12H,3H2,1-2H3,(H2,9,10,11). The van der Waals surface area contributed by atoms with Gasteiger partial charge in [-0.1, -0.05) is 6.92 Å². The van der Waals surface area contributed by atoms with Crippen LogP contribution in [0.15, 0.2) is 11.4 Å². The van der Waals surface area contributed by atoms with E-state index < -0.39 is 0 Å². The highest BCUT2D eigenvalue weighted by Gasteiger charge is 2.08. The summed E-state index contributed by atoms with van der Waals surface area (Å²) in [6.45, 7) is 3.94. The topological polar surface area (TPSA) is 72.0 Å². The summed E-state index contributed by atoms with van der Waals surface area (Å²) in [6.07, 6.45) is 1.44. The zero-order valence-electron chi connectivity index (χ0n) is 7.69. The minimum absolute atomic E-state index is 0.132. The van der Waals surface area contributed by atoms with E-state index in [1.165, 1.54) is 18.1 Å². The van der Waals surface area contributed by atoms with E-state index in [2.05, 4.69) is 9.97 Å². The highest BCUT2D eigenvalue weighted by Crippen LogP contribution is 2.25. The van der Waals surface area contributed by atoms with Crippen molar-refractivity contribution in [1.82, 2.24) is 9.97 Å². The first-order valence-electron chi connectivity index (χ1n) is 3.99. The van der Waals surface area contributed by atoms with Crippen molar-refractivity contribution in [2.24, 2.45) is 0 Å². The molecule has 1 aromatic heterocycles. The number of thioether (sulfide) groups is 1. The van der Waals surface area contributed by atoms with Gasteiger partial charge in [0.05, 0.1) is 6.61 Å². The molecular weight excluding hydrogens is 186 g/mol. The molecule has 4 nitrogen and oxygen atoms in total. The van der Waals surface area contributed by atoms with Gasteiger partial charge in [-0.2, -0.15) is 0 Å². The van der Waals surface area contributed by atoms with Gasteiger partial charge in [-0.3, -0.25) is 0 Å². The Morgan fingerprint density at radius 3 is 2.92 bits per heavy atom. The van der Waals surface area contributed by atoms with Crippen molar-refractivity contribution in [2.75, 3.05) is 12.3 Å². The third-order valence-corrected chi connectivity index (χ3v) is 2.83. The first-order valence-corrected chi connectivity index (χ1v) is 4.87. The van der Waals surface area contributed by atoms with Crippen molar-refractivity contribution in [1.29, 1.82) is 0 Å². The first-order chi connectivity index (χ1) is 6.15. The summed E-state index contributed by atoms with van der Waals surface area (Å²) in [7, 11) is 0. The largest absolute Gasteiger partial charge is 0.395 e. The molecule has 3 N–H and O–H groups in total. The third kappa shape index (κ3) is 2.57. The maximum absolute atomic E-state index is 8.86. The number of nitrogens with two attached hydrogens (primary N) is 1. The van der Waals surface area contributed by atoms with Gasteiger partial charge in [0.1, 0.15) is 17.2 Å². The Balaban J connectivity index is 2.83. The molecule has 0 aliphatic carbocycles. The lowest BCUT2D eigenvalue weighted by molar-refractivity contribution is 0.300. The van der Waals surface area contributed by atoms with Crippen LogP contribution >= 0.6 is 11.8 Å². The summed E-state index contributed by atoms with van der Waals surface area (Å²) in [5.74, 6) is 0.502. The fraction of sp³-hybridized carbons (Fsp3) is 0.500. The molecule has 72 valence electrons. The number of aliphatic hydroxyl groups is 1. The van der Waals surface area contributed by atoms with E-state index in [1.54, 1.807) is 0 Å². The number of anilines is 1. The Labute approximate surface area is 81.6 Å². The molecule has 0 radical (unpaired) electrons. The van der Waals surface area contributed by atoms with Crippen LogP contribution in [0.4, 0.5) is 5.82 Å². The highest BCUT2D eigenvalue weighted by molar-refractivity contribution is 7.99. The molecule has 1 rings (SSSR count). The first kappa shape index (κ1) is 10.3. The van der Waals surface area contributed by atoms with Gasteiger partial charge in [-0.05, 0) is 6.92 Å². The van der Waals surface area contributed by atoms with Crippen molar-refractivity contribution < 1.29 is 5.11 Å². The number of aliphatic hydroxyl groups excluding tert-OH is 1. The Hall–Kier alpha value is -0.810. The minimum Gasteiger partial charge on any atom is -0.395 e. The Morgan fingerprint density at radius 1 is 1.62 bits per heavy atom. The van der Waals surface area contributed by atoms with E-state index in [0.29, 0.717) is 5.82 Å². The third-order valence-electron chi connectivity index (χ3n) is 1.65. The van der Waals surface area contributed by atoms with Crippen molar-refractivity contribution in [3.05, 3.63) is 11.9 Å². The molecule has 1 unspecified atom stereocenters. The number of nitrogen functional groups attached to an aromatic ring is 1. The maximum atomic E-state index is 8.86. The van der Waals surface area contributed by atoms with Crippen LogP contribution in [0.3, 0.4) is 0 Å². The molecule has 0 aliphatic heterocycles. The molecule has 0 aliphatic rings. The van der Waals surface area contributed by atoms with E-state index >= 15 is 0 Å². The average Bonchev–Trinajstić information content (AvgIpc) is 2.13. The molecule has 0 saturated heterocycles. The molecule has 0 spiro atoms. The van der Waals surface area contributed by atoms with E-state index in [-0.39, 0.29) is 11.9 Å². The van der Waals surface area contributed by atoms with Gasteiger partial charge in [0, 0.05) is 10.8 Å². The van der Waals surface area contributed by atoms with E-state index in [1.807, 2.05) is 13.8 Å². The van der Waals surface area contributed by atoms with Crippen LogP contribution in [0.25, 0.3) is 0 Å². The van der Waals surface area contributed by atoms with Gasteiger partial charge in [0.25, 0.3) is 0 Å². The van der Waals surface area contributed by atoms with Crippen molar-refractivity contribution in [3.8, 4) is 0 Å². The molecule has 5 heteroatoms. The predicted molar refractivity (Wildman–Crippen MR) is 53.6 cm³/mol. The molecule has 0 bridgehead atoms. The van der Waals surface area contributed by atoms with Gasteiger partial charge in [-0.15, -0.1) is 11.8 Å². The number of hydrogen-bond acceptors (Lipinski definition) is 5. The number of hydrogen-bond donors (Lipinski definition) is 2. The summed E-state index contributed by atoms with van der Waals surface area (Å²) in [4.78, 5) is 7.95. The zero-order chi connectivity index (χ0) is 9.84. The zero-order valence-corrected chi connectivity index (χ0v) is 8.51. The quantitative estimate of drug-likeness (QED) is 0.557. The van der Waals surface area contributed by atoms with E-state index in [0.717, 1.165) is 10.6 Å². The lowest BCUT2D eigenvalue weighted by Crippen LogP contribution is -2.04. The maximum Gasteiger partial charge on any atom is 0.130 e. The summed E-state index contributed by atoms with van der Waals surface area (Å²) in [6, 6.07) is 0. The Morgan fingerprint density at radius 2 is 2.31 bits per heavy atom. The van der Waals surface area contributed by atoms with Crippen molar-refractivity contribution >= 4 is 17.6 Å². The molecule has 1 atom stereocenters. The number of aromatic nitrogens is 2. The van der Waals surface area contributed by atoms with E-state index in [9.17, 15) is 0 Å². The average molecular weight is 199 g/mol. The second-order valence-electron chi connectivity index (χ2n) is 2.80. The second kappa shape index (κ2) is 4.43. The number of nitrogens with zero attached hydrogens (tertiary/aromatic N) is 2. The molecule has 0 fully saturated rings. The van der Waals surface area contributed by atoms with Gasteiger partial charge in [0.15, 0.2) is 0 Å². The lowest BCUT2D eigenvalue weighted by atomic mass is 10.3. The minimum atomic E-state index is 0.132. The predicted octanol–water partition coefficient (Wildman–Crippen LogP) is 0.840. The monoisotopic (exact) mass is 199 g/mol. The summed E-state index contributed by atoms with van der Waals surface area (Å²) in [5.41, 5.74) is 6.49. The van der Waals surface area contributed by atoms with Gasteiger partial charge >= 0.3 is 0 Å². The molecule has 0 aromatic carbocycles. The van der Waals surface area contributed by atoms with Crippen LogP contribution in [-0.4, -0.2) is 26.9 Å². The van der Waals surface area contributed by atoms with Crippen LogP contribution in [0.5, 0.6) is 0 Å². The smallest absolute Gasteiger partial charge is 0.130 e. The van der Waals surface area contributed by atoms with Crippen molar-refractivity contribution in [2.45, 2.75) is 24.1 Å². The molecule has 1 heterocycles.